The molecule has 1 aromatic heterocycles. The van der Waals surface area contributed by atoms with Crippen LogP contribution in [-0.2, 0) is 11.2 Å². The minimum absolute atomic E-state index is 0.352. The third-order valence-electron chi connectivity index (χ3n) is 2.02. The van der Waals surface area contributed by atoms with E-state index in [-0.39, 0.29) is 0 Å². The summed E-state index contributed by atoms with van der Waals surface area (Å²) in [5.41, 5.74) is 5.41. The van der Waals surface area contributed by atoms with Crippen LogP contribution in [0.1, 0.15) is 12.0 Å². The summed E-state index contributed by atoms with van der Waals surface area (Å²) in [6.07, 6.45) is 1.36. The van der Waals surface area contributed by atoms with Gasteiger partial charge in [0.2, 0.25) is 0 Å². The number of carbonyl (C=O) groups is 1. The number of rotatable bonds is 5. The Labute approximate surface area is 91.1 Å². The van der Waals surface area contributed by atoms with Crippen molar-refractivity contribution in [3.63, 3.8) is 0 Å². The van der Waals surface area contributed by atoms with E-state index in [9.17, 15) is 13.6 Å². The van der Waals surface area contributed by atoms with E-state index in [2.05, 4.69) is 4.98 Å². The Morgan fingerprint density at radius 2 is 2.31 bits per heavy atom. The molecule has 1 atom stereocenters. The fraction of sp³-hybridized carbons (Fsp3) is 0.400. The molecule has 6 heteroatoms. The summed E-state index contributed by atoms with van der Waals surface area (Å²) in [6, 6.07) is 1.50. The van der Waals surface area contributed by atoms with E-state index < -0.39 is 30.8 Å². The molecule has 0 amide bonds. The summed E-state index contributed by atoms with van der Waals surface area (Å²) in [6.45, 7) is 0. The van der Waals surface area contributed by atoms with Crippen molar-refractivity contribution in [3.8, 4) is 0 Å². The molecule has 1 heterocycles. The van der Waals surface area contributed by atoms with E-state index in [0.717, 1.165) is 0 Å². The number of aliphatic carboxylic acids is 1. The maximum atomic E-state index is 13.3. The maximum Gasteiger partial charge on any atom is 0.320 e. The Hall–Kier alpha value is -1.56. The first kappa shape index (κ1) is 12.5. The number of halogens is 2. The van der Waals surface area contributed by atoms with Gasteiger partial charge in [0.25, 0.3) is 5.92 Å². The third-order valence-corrected chi connectivity index (χ3v) is 2.02. The molecule has 0 aliphatic carbocycles. The van der Waals surface area contributed by atoms with Gasteiger partial charge in [-0.2, -0.15) is 0 Å². The summed E-state index contributed by atoms with van der Waals surface area (Å²) < 4.78 is 26.7. The number of carboxylic acid groups (broad SMARTS) is 1. The molecule has 88 valence electrons. The van der Waals surface area contributed by atoms with Gasteiger partial charge < -0.3 is 10.8 Å². The Balaban J connectivity index is 2.61. The molecule has 1 aromatic rings. The van der Waals surface area contributed by atoms with E-state index in [1.54, 1.807) is 6.07 Å². The fourth-order valence-corrected chi connectivity index (χ4v) is 1.28. The molecule has 1 unspecified atom stereocenters. The van der Waals surface area contributed by atoms with Gasteiger partial charge in [0, 0.05) is 25.2 Å². The zero-order valence-corrected chi connectivity index (χ0v) is 8.44. The number of alkyl halides is 2. The Kier molecular flexibility index (Phi) is 3.89. The number of hydrogen-bond acceptors (Lipinski definition) is 3. The lowest BCUT2D eigenvalue weighted by atomic mass is 10.0. The first-order chi connectivity index (χ1) is 7.41. The van der Waals surface area contributed by atoms with Gasteiger partial charge in [-0.1, -0.05) is 6.07 Å². The monoisotopic (exact) mass is 230 g/mol. The number of nitrogens with two attached hydrogens (primary N) is 1. The molecular formula is C10H12F2N2O2. The highest BCUT2D eigenvalue weighted by Gasteiger charge is 2.34. The van der Waals surface area contributed by atoms with Crippen molar-refractivity contribution in [1.29, 1.82) is 0 Å². The van der Waals surface area contributed by atoms with Gasteiger partial charge in [0.1, 0.15) is 6.04 Å². The summed E-state index contributed by atoms with van der Waals surface area (Å²) >= 11 is 0. The number of hydrogen-bond donors (Lipinski definition) is 2. The van der Waals surface area contributed by atoms with Crippen LogP contribution in [0.15, 0.2) is 24.5 Å². The average molecular weight is 230 g/mol. The maximum absolute atomic E-state index is 13.3. The molecular weight excluding hydrogens is 218 g/mol. The van der Waals surface area contributed by atoms with Crippen molar-refractivity contribution in [3.05, 3.63) is 30.1 Å². The van der Waals surface area contributed by atoms with E-state index in [1.165, 1.54) is 18.5 Å². The summed E-state index contributed by atoms with van der Waals surface area (Å²) in [4.78, 5) is 14.1. The van der Waals surface area contributed by atoms with Crippen molar-refractivity contribution in [2.24, 2.45) is 5.73 Å². The van der Waals surface area contributed by atoms with Crippen LogP contribution in [0.3, 0.4) is 0 Å². The van der Waals surface area contributed by atoms with Crippen LogP contribution in [0.25, 0.3) is 0 Å². The van der Waals surface area contributed by atoms with Crippen LogP contribution in [-0.4, -0.2) is 28.0 Å². The molecule has 0 spiro atoms. The molecule has 16 heavy (non-hydrogen) atoms. The standard InChI is InChI=1S/C10H12F2N2O2/c11-10(12,5-8(13)9(15)16)4-7-2-1-3-14-6-7/h1-3,6,8H,4-5,13H2,(H,15,16). The highest BCUT2D eigenvalue weighted by molar-refractivity contribution is 5.73. The molecule has 0 saturated carbocycles. The molecule has 1 rings (SSSR count). The van der Waals surface area contributed by atoms with Gasteiger partial charge in [-0.05, 0) is 11.6 Å². The van der Waals surface area contributed by atoms with Gasteiger partial charge in [0.15, 0.2) is 0 Å². The lowest BCUT2D eigenvalue weighted by Gasteiger charge is -2.18. The van der Waals surface area contributed by atoms with Gasteiger partial charge in [-0.3, -0.25) is 9.78 Å². The molecule has 0 aliphatic heterocycles. The highest BCUT2D eigenvalue weighted by atomic mass is 19.3. The first-order valence-corrected chi connectivity index (χ1v) is 4.66. The topological polar surface area (TPSA) is 76.2 Å². The van der Waals surface area contributed by atoms with Crippen LogP contribution in [0.4, 0.5) is 8.78 Å². The molecule has 3 N–H and O–H groups in total. The molecule has 0 radical (unpaired) electrons. The molecule has 0 saturated heterocycles. The van der Waals surface area contributed by atoms with Crippen molar-refractivity contribution in [2.45, 2.75) is 24.8 Å². The fourth-order valence-electron chi connectivity index (χ4n) is 1.28. The van der Waals surface area contributed by atoms with Crippen LogP contribution in [0, 0.1) is 0 Å². The van der Waals surface area contributed by atoms with E-state index in [4.69, 9.17) is 10.8 Å². The minimum atomic E-state index is -3.14. The van der Waals surface area contributed by atoms with E-state index >= 15 is 0 Å². The smallest absolute Gasteiger partial charge is 0.320 e. The molecule has 0 fully saturated rings. The predicted molar refractivity (Wildman–Crippen MR) is 53.1 cm³/mol. The Morgan fingerprint density at radius 3 is 2.81 bits per heavy atom. The second-order valence-electron chi connectivity index (χ2n) is 3.54. The Bertz CT molecular complexity index is 357. The lowest BCUT2D eigenvalue weighted by Crippen LogP contribution is -2.37. The molecule has 4 nitrogen and oxygen atoms in total. The number of carboxylic acids is 1. The quantitative estimate of drug-likeness (QED) is 0.793. The van der Waals surface area contributed by atoms with Crippen LogP contribution in [0.5, 0.6) is 0 Å². The first-order valence-electron chi connectivity index (χ1n) is 4.66. The zero-order chi connectivity index (χ0) is 12.2. The molecule has 0 aliphatic rings. The number of pyridine rings is 1. The van der Waals surface area contributed by atoms with Gasteiger partial charge in [-0.15, -0.1) is 0 Å². The highest BCUT2D eigenvalue weighted by Crippen LogP contribution is 2.24. The van der Waals surface area contributed by atoms with Crippen LogP contribution in [0.2, 0.25) is 0 Å². The third kappa shape index (κ3) is 3.90. The van der Waals surface area contributed by atoms with Crippen molar-refractivity contribution >= 4 is 5.97 Å². The molecule has 0 aromatic carbocycles. The number of aromatic nitrogens is 1. The zero-order valence-electron chi connectivity index (χ0n) is 8.44. The summed E-state index contributed by atoms with van der Waals surface area (Å²) in [5, 5.41) is 8.44. The van der Waals surface area contributed by atoms with E-state index in [1.807, 2.05) is 0 Å². The summed E-state index contributed by atoms with van der Waals surface area (Å²) in [7, 11) is 0. The van der Waals surface area contributed by atoms with Crippen LogP contribution >= 0.6 is 0 Å². The van der Waals surface area contributed by atoms with Gasteiger partial charge in [0.05, 0.1) is 0 Å². The largest absolute Gasteiger partial charge is 0.480 e. The minimum Gasteiger partial charge on any atom is -0.480 e. The second-order valence-corrected chi connectivity index (χ2v) is 3.54. The molecule has 0 bridgehead atoms. The Morgan fingerprint density at radius 1 is 1.62 bits per heavy atom. The summed E-state index contributed by atoms with van der Waals surface area (Å²) in [5.74, 6) is -4.56. The lowest BCUT2D eigenvalue weighted by molar-refractivity contribution is -0.141. The number of nitrogens with zero attached hydrogens (tertiary/aromatic N) is 1. The SMILES string of the molecule is NC(CC(F)(F)Cc1cccnc1)C(=O)O. The average Bonchev–Trinajstić information content (AvgIpc) is 2.17. The van der Waals surface area contributed by atoms with E-state index in [0.29, 0.717) is 5.56 Å². The van der Waals surface area contributed by atoms with Crippen molar-refractivity contribution in [1.82, 2.24) is 4.98 Å². The second kappa shape index (κ2) is 4.98. The predicted octanol–water partition coefficient (Wildman–Crippen LogP) is 1.06. The van der Waals surface area contributed by atoms with Crippen molar-refractivity contribution < 1.29 is 18.7 Å². The van der Waals surface area contributed by atoms with Crippen LogP contribution < -0.4 is 5.73 Å². The van der Waals surface area contributed by atoms with Crippen molar-refractivity contribution in [2.75, 3.05) is 0 Å². The van der Waals surface area contributed by atoms with Gasteiger partial charge >= 0.3 is 5.97 Å². The normalized spacial score (nSPS) is 13.4. The van der Waals surface area contributed by atoms with Gasteiger partial charge in [-0.25, -0.2) is 8.78 Å².